The van der Waals surface area contributed by atoms with Gasteiger partial charge in [0.15, 0.2) is 5.78 Å². The molecule has 0 aliphatic rings. The molecule has 0 aromatic carbocycles. The van der Waals surface area contributed by atoms with E-state index in [0.717, 1.165) is 0 Å². The molecule has 0 fully saturated rings. The van der Waals surface area contributed by atoms with E-state index < -0.39 is 29.5 Å². The van der Waals surface area contributed by atoms with Gasteiger partial charge in [-0.3, -0.25) is 19.2 Å². The van der Waals surface area contributed by atoms with Crippen molar-refractivity contribution in [3.05, 3.63) is 0 Å². The van der Waals surface area contributed by atoms with Crippen LogP contribution in [0.1, 0.15) is 66.7 Å². The molecule has 0 aromatic rings. The number of carbonyl (C=O) groups is 4. The molecule has 0 heterocycles. The highest BCUT2D eigenvalue weighted by atomic mass is 16.6. The third kappa shape index (κ3) is 11.6. The molecule has 0 radical (unpaired) electrons. The van der Waals surface area contributed by atoms with Gasteiger partial charge in [0, 0.05) is 12.8 Å². The number of aliphatic carboxylic acids is 1. The fourth-order valence-electron chi connectivity index (χ4n) is 2.02. The molecule has 24 heavy (non-hydrogen) atoms. The van der Waals surface area contributed by atoms with Crippen LogP contribution in [0.25, 0.3) is 0 Å². The Morgan fingerprint density at radius 1 is 1.00 bits per heavy atom. The van der Waals surface area contributed by atoms with Crippen LogP contribution in [-0.2, 0) is 23.9 Å². The van der Waals surface area contributed by atoms with Gasteiger partial charge < -0.3 is 15.2 Å². The Labute approximate surface area is 143 Å². The molecule has 0 bridgehead atoms. The highest BCUT2D eigenvalue weighted by Gasteiger charge is 2.23. The van der Waals surface area contributed by atoms with Crippen LogP contribution in [0.3, 0.4) is 0 Å². The second-order valence-electron chi connectivity index (χ2n) is 7.20. The molecule has 7 nitrogen and oxygen atoms in total. The van der Waals surface area contributed by atoms with Gasteiger partial charge in [0.25, 0.3) is 0 Å². The lowest BCUT2D eigenvalue weighted by Gasteiger charge is -2.21. The number of ether oxygens (including phenoxy) is 1. The van der Waals surface area contributed by atoms with Crippen LogP contribution in [0.5, 0.6) is 0 Å². The number of carbonyl (C=O) groups excluding carboxylic acids is 3. The lowest BCUT2D eigenvalue weighted by molar-refractivity contribution is -0.155. The fourth-order valence-corrected chi connectivity index (χ4v) is 2.02. The van der Waals surface area contributed by atoms with E-state index in [1.54, 1.807) is 20.8 Å². The molecule has 1 unspecified atom stereocenters. The summed E-state index contributed by atoms with van der Waals surface area (Å²) in [6.45, 7) is 9.04. The summed E-state index contributed by atoms with van der Waals surface area (Å²) >= 11 is 0. The molecular formula is C17H29NO6. The van der Waals surface area contributed by atoms with Crippen LogP contribution in [0.4, 0.5) is 0 Å². The van der Waals surface area contributed by atoms with Crippen molar-refractivity contribution < 1.29 is 29.0 Å². The van der Waals surface area contributed by atoms with E-state index in [1.165, 1.54) is 0 Å². The van der Waals surface area contributed by atoms with Crippen molar-refractivity contribution in [2.24, 2.45) is 5.92 Å². The van der Waals surface area contributed by atoms with E-state index in [2.05, 4.69) is 5.32 Å². The summed E-state index contributed by atoms with van der Waals surface area (Å²) in [5, 5.41) is 11.3. The summed E-state index contributed by atoms with van der Waals surface area (Å²) in [5.74, 6) is -2.10. The second kappa shape index (κ2) is 10.1. The van der Waals surface area contributed by atoms with Crippen LogP contribution in [0.2, 0.25) is 0 Å². The molecule has 1 amide bonds. The Balaban J connectivity index is 4.51. The normalized spacial score (nSPS) is 12.6. The van der Waals surface area contributed by atoms with Gasteiger partial charge in [0.1, 0.15) is 5.60 Å². The van der Waals surface area contributed by atoms with E-state index in [-0.39, 0.29) is 37.4 Å². The molecule has 0 rings (SSSR count). The number of carboxylic acids is 1. The van der Waals surface area contributed by atoms with E-state index in [0.29, 0.717) is 6.42 Å². The Hall–Kier alpha value is -1.92. The molecular weight excluding hydrogens is 314 g/mol. The third-order valence-electron chi connectivity index (χ3n) is 2.99. The van der Waals surface area contributed by atoms with Crippen molar-refractivity contribution >= 4 is 23.6 Å². The maximum Gasteiger partial charge on any atom is 0.306 e. The zero-order valence-electron chi connectivity index (χ0n) is 15.2. The van der Waals surface area contributed by atoms with E-state index in [1.807, 2.05) is 13.8 Å². The van der Waals surface area contributed by atoms with Gasteiger partial charge in [-0.25, -0.2) is 0 Å². The standard InChI is InChI=1S/C17H29NO6/c1-11(2)10-12(13(19)6-8-15(21)22)18-14(20)7-9-16(23)24-17(3,4)5/h11-12H,6-10H2,1-5H3,(H,18,20)(H,21,22). The Bertz CT molecular complexity index is 464. The summed E-state index contributed by atoms with van der Waals surface area (Å²) in [5.41, 5.74) is -0.611. The number of Topliss-reactive ketones (excluding diaryl/α,β-unsaturated/α-hetero) is 1. The minimum atomic E-state index is -1.05. The maximum absolute atomic E-state index is 12.1. The highest BCUT2D eigenvalue weighted by molar-refractivity contribution is 5.91. The van der Waals surface area contributed by atoms with Gasteiger partial charge in [0.05, 0.1) is 18.9 Å². The van der Waals surface area contributed by atoms with Crippen LogP contribution in [-0.4, -0.2) is 40.4 Å². The summed E-state index contributed by atoms with van der Waals surface area (Å²) in [6, 6.07) is -0.726. The van der Waals surface area contributed by atoms with E-state index in [9.17, 15) is 19.2 Å². The summed E-state index contributed by atoms with van der Waals surface area (Å²) < 4.78 is 5.12. The fraction of sp³-hybridized carbons (Fsp3) is 0.765. The summed E-state index contributed by atoms with van der Waals surface area (Å²) in [6.07, 6.45) is -0.104. The van der Waals surface area contributed by atoms with Crippen LogP contribution >= 0.6 is 0 Å². The Morgan fingerprint density at radius 3 is 2.04 bits per heavy atom. The molecule has 2 N–H and O–H groups in total. The second-order valence-corrected chi connectivity index (χ2v) is 7.20. The average molecular weight is 343 g/mol. The van der Waals surface area contributed by atoms with Gasteiger partial charge >= 0.3 is 11.9 Å². The first-order valence-electron chi connectivity index (χ1n) is 8.16. The van der Waals surface area contributed by atoms with Gasteiger partial charge in [-0.15, -0.1) is 0 Å². The number of esters is 1. The molecule has 0 saturated carbocycles. The number of hydrogen-bond acceptors (Lipinski definition) is 5. The Kier molecular flexibility index (Phi) is 9.25. The first-order valence-corrected chi connectivity index (χ1v) is 8.16. The lowest BCUT2D eigenvalue weighted by Crippen LogP contribution is -2.42. The number of nitrogens with one attached hydrogen (secondary N) is 1. The van der Waals surface area contributed by atoms with Gasteiger partial charge in [-0.1, -0.05) is 13.8 Å². The predicted molar refractivity (Wildman–Crippen MR) is 88.3 cm³/mol. The lowest BCUT2D eigenvalue weighted by atomic mass is 9.97. The number of amides is 1. The zero-order chi connectivity index (χ0) is 18.9. The van der Waals surface area contributed by atoms with Crippen LogP contribution in [0, 0.1) is 5.92 Å². The first-order chi connectivity index (χ1) is 10.9. The van der Waals surface area contributed by atoms with E-state index >= 15 is 0 Å². The topological polar surface area (TPSA) is 110 Å². The van der Waals surface area contributed by atoms with Crippen LogP contribution < -0.4 is 5.32 Å². The average Bonchev–Trinajstić information content (AvgIpc) is 2.39. The number of ketones is 1. The van der Waals surface area contributed by atoms with Crippen molar-refractivity contribution in [2.75, 3.05) is 0 Å². The highest BCUT2D eigenvalue weighted by Crippen LogP contribution is 2.11. The third-order valence-corrected chi connectivity index (χ3v) is 2.99. The van der Waals surface area contributed by atoms with Crippen molar-refractivity contribution in [2.45, 2.75) is 78.4 Å². The van der Waals surface area contributed by atoms with E-state index in [4.69, 9.17) is 9.84 Å². The van der Waals surface area contributed by atoms with Gasteiger partial charge in [-0.2, -0.15) is 0 Å². The molecule has 0 saturated heterocycles. The zero-order valence-corrected chi connectivity index (χ0v) is 15.2. The number of rotatable bonds is 10. The van der Waals surface area contributed by atoms with Crippen molar-refractivity contribution in [1.29, 1.82) is 0 Å². The van der Waals surface area contributed by atoms with Crippen molar-refractivity contribution in [3.63, 3.8) is 0 Å². The number of carboxylic acid groups (broad SMARTS) is 1. The summed E-state index contributed by atoms with van der Waals surface area (Å²) in [4.78, 5) is 46.2. The molecule has 0 spiro atoms. The van der Waals surface area contributed by atoms with Gasteiger partial charge in [-0.05, 0) is 33.1 Å². The molecule has 138 valence electrons. The molecule has 0 aromatic heterocycles. The van der Waals surface area contributed by atoms with Gasteiger partial charge in [0.2, 0.25) is 5.91 Å². The van der Waals surface area contributed by atoms with Crippen molar-refractivity contribution in [1.82, 2.24) is 5.32 Å². The maximum atomic E-state index is 12.1. The SMILES string of the molecule is CC(C)CC(NC(=O)CCC(=O)OC(C)(C)C)C(=O)CCC(=O)O. The smallest absolute Gasteiger partial charge is 0.306 e. The monoisotopic (exact) mass is 343 g/mol. The molecule has 7 heteroatoms. The molecule has 1 atom stereocenters. The Morgan fingerprint density at radius 2 is 1.58 bits per heavy atom. The first kappa shape index (κ1) is 22.1. The largest absolute Gasteiger partial charge is 0.481 e. The summed E-state index contributed by atoms with van der Waals surface area (Å²) in [7, 11) is 0. The molecule has 0 aliphatic carbocycles. The minimum Gasteiger partial charge on any atom is -0.481 e. The predicted octanol–water partition coefficient (Wildman–Crippen LogP) is 2.07. The van der Waals surface area contributed by atoms with Crippen LogP contribution in [0.15, 0.2) is 0 Å². The minimum absolute atomic E-state index is 0.0686. The van der Waals surface area contributed by atoms with Crippen molar-refractivity contribution in [3.8, 4) is 0 Å². The molecule has 0 aliphatic heterocycles. The number of hydrogen-bond donors (Lipinski definition) is 2. The quantitative estimate of drug-likeness (QED) is 0.588.